The van der Waals surface area contributed by atoms with Gasteiger partial charge in [0.1, 0.15) is 16.7 Å². The first kappa shape index (κ1) is 17.9. The van der Waals surface area contributed by atoms with Gasteiger partial charge in [0.2, 0.25) is 0 Å². The number of aromatic nitrogens is 1. The molecule has 2 heterocycles. The number of benzene rings is 2. The second kappa shape index (κ2) is 7.63. The zero-order chi connectivity index (χ0) is 19.5. The fourth-order valence-corrected chi connectivity index (χ4v) is 3.71. The number of hydrogen-bond donors (Lipinski definition) is 0. The van der Waals surface area contributed by atoms with E-state index in [1.807, 2.05) is 48.5 Å². The number of para-hydroxylation sites is 1. The molecule has 4 rings (SSSR count). The maximum absolute atomic E-state index is 12.4. The third-order valence-corrected chi connectivity index (χ3v) is 5.35. The molecule has 136 valence electrons. The third-order valence-electron chi connectivity index (χ3n) is 4.47. The third kappa shape index (κ3) is 3.51. The molecule has 4 aromatic rings. The van der Waals surface area contributed by atoms with Crippen LogP contribution in [0.15, 0.2) is 69.2 Å². The summed E-state index contributed by atoms with van der Waals surface area (Å²) in [6, 6.07) is 19.4. The van der Waals surface area contributed by atoms with Gasteiger partial charge in [-0.2, -0.15) is 5.26 Å². The molecule has 2 aromatic heterocycles. The normalized spacial score (nSPS) is 11.5. The molecule has 0 atom stereocenters. The van der Waals surface area contributed by atoms with Gasteiger partial charge >= 0.3 is 5.63 Å². The van der Waals surface area contributed by atoms with Crippen molar-refractivity contribution < 1.29 is 4.42 Å². The van der Waals surface area contributed by atoms with Gasteiger partial charge in [0.25, 0.3) is 0 Å². The molecule has 28 heavy (non-hydrogen) atoms. The average Bonchev–Trinajstić information content (AvgIpc) is 3.21. The minimum absolute atomic E-state index is 0.394. The Hall–Kier alpha value is -3.49. The summed E-state index contributed by atoms with van der Waals surface area (Å²) in [6.45, 7) is 2.10. The molecule has 2 aromatic carbocycles. The molecule has 0 aliphatic carbocycles. The lowest BCUT2D eigenvalue weighted by atomic mass is 10.1. The quantitative estimate of drug-likeness (QED) is 0.342. The van der Waals surface area contributed by atoms with Crippen LogP contribution in [-0.2, 0) is 6.42 Å². The number of nitrogens with zero attached hydrogens (tertiary/aromatic N) is 2. The lowest BCUT2D eigenvalue weighted by Crippen LogP contribution is -2.02. The van der Waals surface area contributed by atoms with Crippen LogP contribution in [0.3, 0.4) is 0 Å². The van der Waals surface area contributed by atoms with E-state index in [1.165, 1.54) is 16.9 Å². The lowest BCUT2D eigenvalue weighted by Gasteiger charge is -2.00. The zero-order valence-electron chi connectivity index (χ0n) is 15.2. The Kier molecular flexibility index (Phi) is 4.88. The van der Waals surface area contributed by atoms with E-state index >= 15 is 0 Å². The summed E-state index contributed by atoms with van der Waals surface area (Å²) in [5.74, 6) is 0. The summed E-state index contributed by atoms with van der Waals surface area (Å²) in [7, 11) is 0. The molecule has 5 heteroatoms. The Morgan fingerprint density at radius 2 is 2.00 bits per heavy atom. The number of hydrogen-bond acceptors (Lipinski definition) is 5. The van der Waals surface area contributed by atoms with E-state index in [1.54, 1.807) is 17.5 Å². The Morgan fingerprint density at radius 3 is 2.75 bits per heavy atom. The highest BCUT2D eigenvalue weighted by Crippen LogP contribution is 2.27. The molecule has 0 saturated carbocycles. The maximum atomic E-state index is 12.4. The van der Waals surface area contributed by atoms with Crippen molar-refractivity contribution in [3.05, 3.63) is 86.5 Å². The molecule has 4 nitrogen and oxygen atoms in total. The van der Waals surface area contributed by atoms with Gasteiger partial charge in [-0.15, -0.1) is 11.3 Å². The van der Waals surface area contributed by atoms with Gasteiger partial charge in [-0.3, -0.25) is 0 Å². The summed E-state index contributed by atoms with van der Waals surface area (Å²) in [4.78, 5) is 16.9. The van der Waals surface area contributed by atoms with E-state index in [0.717, 1.165) is 17.4 Å². The number of nitriles is 1. The number of fused-ring (bicyclic) bond motifs is 1. The maximum Gasteiger partial charge on any atom is 0.345 e. The highest BCUT2D eigenvalue weighted by Gasteiger charge is 2.13. The first-order valence-electron chi connectivity index (χ1n) is 8.88. The van der Waals surface area contributed by atoms with Crippen LogP contribution in [0.4, 0.5) is 0 Å². The predicted octanol–water partition coefficient (Wildman–Crippen LogP) is 5.54. The Bertz CT molecular complexity index is 1270. The first-order chi connectivity index (χ1) is 13.7. The van der Waals surface area contributed by atoms with Gasteiger partial charge in [-0.05, 0) is 35.8 Å². The monoisotopic (exact) mass is 384 g/mol. The Morgan fingerprint density at radius 1 is 1.21 bits per heavy atom. The Balaban J connectivity index is 1.71. The van der Waals surface area contributed by atoms with Crippen molar-refractivity contribution in [1.82, 2.24) is 4.98 Å². The van der Waals surface area contributed by atoms with Gasteiger partial charge in [0.15, 0.2) is 0 Å². The summed E-state index contributed by atoms with van der Waals surface area (Å²) < 4.78 is 5.39. The molecule has 0 unspecified atom stereocenters. The lowest BCUT2D eigenvalue weighted by molar-refractivity contribution is 0.563. The SMILES string of the molecule is CCc1ccc(C=C(C#N)c2nc(-c3cc4ccccc4oc3=O)cs2)cc1. The minimum atomic E-state index is -0.437. The van der Waals surface area contributed by atoms with Gasteiger partial charge in [-0.25, -0.2) is 9.78 Å². The van der Waals surface area contributed by atoms with Crippen LogP contribution in [0, 0.1) is 11.3 Å². The molecule has 0 fully saturated rings. The van der Waals surface area contributed by atoms with E-state index in [0.29, 0.717) is 27.4 Å². The molecule has 0 amide bonds. The fraction of sp³-hybridized carbons (Fsp3) is 0.0870. The summed E-state index contributed by atoms with van der Waals surface area (Å²) in [5.41, 5.74) is 3.66. The van der Waals surface area contributed by atoms with Crippen molar-refractivity contribution in [1.29, 1.82) is 5.26 Å². The van der Waals surface area contributed by atoms with Crippen LogP contribution >= 0.6 is 11.3 Å². The van der Waals surface area contributed by atoms with Crippen LogP contribution in [0.5, 0.6) is 0 Å². The molecule has 0 aliphatic heterocycles. The second-order valence-corrected chi connectivity index (χ2v) is 7.15. The molecule has 0 N–H and O–H groups in total. The first-order valence-corrected chi connectivity index (χ1v) is 9.76. The van der Waals surface area contributed by atoms with Crippen molar-refractivity contribution in [2.45, 2.75) is 13.3 Å². The van der Waals surface area contributed by atoms with Crippen LogP contribution in [0.1, 0.15) is 23.1 Å². The van der Waals surface area contributed by atoms with Crippen LogP contribution < -0.4 is 5.63 Å². The van der Waals surface area contributed by atoms with Gasteiger partial charge in [0.05, 0.1) is 16.8 Å². The van der Waals surface area contributed by atoms with Crippen molar-refractivity contribution in [3.63, 3.8) is 0 Å². The molecule has 0 spiro atoms. The molecule has 0 saturated heterocycles. The van der Waals surface area contributed by atoms with Crippen molar-refractivity contribution in [2.75, 3.05) is 0 Å². The summed E-state index contributed by atoms with van der Waals surface area (Å²) in [5, 5.41) is 12.8. The van der Waals surface area contributed by atoms with E-state index in [9.17, 15) is 10.1 Å². The standard InChI is InChI=1S/C23H16N2O2S/c1-2-15-7-9-16(10-8-15)11-18(13-24)22-25-20(14-28-22)19-12-17-5-3-4-6-21(17)27-23(19)26/h3-12,14H,2H2,1H3. The van der Waals surface area contributed by atoms with E-state index in [4.69, 9.17) is 4.42 Å². The van der Waals surface area contributed by atoms with Crippen molar-refractivity contribution in [2.24, 2.45) is 0 Å². The number of aryl methyl sites for hydroxylation is 1. The highest BCUT2D eigenvalue weighted by atomic mass is 32.1. The summed E-state index contributed by atoms with van der Waals surface area (Å²) >= 11 is 1.34. The molecule has 0 radical (unpaired) electrons. The molecular weight excluding hydrogens is 368 g/mol. The fourth-order valence-electron chi connectivity index (χ4n) is 2.92. The molecule has 0 aliphatic rings. The number of allylic oxidation sites excluding steroid dienone is 1. The van der Waals surface area contributed by atoms with Crippen molar-refractivity contribution in [3.8, 4) is 17.3 Å². The smallest absolute Gasteiger partial charge is 0.345 e. The van der Waals surface area contributed by atoms with E-state index < -0.39 is 5.63 Å². The molecule has 0 bridgehead atoms. The zero-order valence-corrected chi connectivity index (χ0v) is 16.0. The molecular formula is C23H16N2O2S. The van der Waals surface area contributed by atoms with Gasteiger partial charge < -0.3 is 4.42 Å². The second-order valence-electron chi connectivity index (χ2n) is 6.29. The van der Waals surface area contributed by atoms with Gasteiger partial charge in [0, 0.05) is 10.8 Å². The largest absolute Gasteiger partial charge is 0.422 e. The number of rotatable bonds is 4. The minimum Gasteiger partial charge on any atom is -0.422 e. The predicted molar refractivity (Wildman–Crippen MR) is 113 cm³/mol. The van der Waals surface area contributed by atoms with E-state index in [2.05, 4.69) is 18.0 Å². The van der Waals surface area contributed by atoms with Crippen LogP contribution in [0.25, 0.3) is 33.9 Å². The Labute approximate surface area is 166 Å². The van der Waals surface area contributed by atoms with Crippen LogP contribution in [0.2, 0.25) is 0 Å². The van der Waals surface area contributed by atoms with Crippen LogP contribution in [-0.4, -0.2) is 4.98 Å². The number of thiazole rings is 1. The van der Waals surface area contributed by atoms with Gasteiger partial charge in [-0.1, -0.05) is 49.4 Å². The highest BCUT2D eigenvalue weighted by molar-refractivity contribution is 7.11. The average molecular weight is 384 g/mol. The summed E-state index contributed by atoms with van der Waals surface area (Å²) in [6.07, 6.45) is 2.78. The van der Waals surface area contributed by atoms with E-state index in [-0.39, 0.29) is 0 Å². The van der Waals surface area contributed by atoms with Crippen molar-refractivity contribution >= 4 is 34.0 Å². The topological polar surface area (TPSA) is 66.9 Å².